The highest BCUT2D eigenvalue weighted by atomic mass is 16.2. The summed E-state index contributed by atoms with van der Waals surface area (Å²) in [5.41, 5.74) is 4.03. The van der Waals surface area contributed by atoms with Crippen molar-refractivity contribution in [2.45, 2.75) is 40.2 Å². The van der Waals surface area contributed by atoms with Gasteiger partial charge >= 0.3 is 0 Å². The van der Waals surface area contributed by atoms with Gasteiger partial charge in [-0.2, -0.15) is 0 Å². The highest BCUT2D eigenvalue weighted by molar-refractivity contribution is 5.83. The van der Waals surface area contributed by atoms with Crippen molar-refractivity contribution in [2.24, 2.45) is 0 Å². The molecule has 0 aliphatic carbocycles. The van der Waals surface area contributed by atoms with Crippen LogP contribution in [-0.2, 0) is 11.3 Å². The summed E-state index contributed by atoms with van der Waals surface area (Å²) in [4.78, 5) is 31.7. The van der Waals surface area contributed by atoms with E-state index < -0.39 is 0 Å². The van der Waals surface area contributed by atoms with Gasteiger partial charge in [-0.3, -0.25) is 14.5 Å². The van der Waals surface area contributed by atoms with E-state index in [0.717, 1.165) is 54.6 Å². The maximum Gasteiger partial charge on any atom is 0.252 e. The molecule has 0 atom stereocenters. The quantitative estimate of drug-likeness (QED) is 0.930. The lowest BCUT2D eigenvalue weighted by Gasteiger charge is -2.34. The number of nitrogens with zero attached hydrogens (tertiary/aromatic N) is 2. The Hall–Kier alpha value is -2.14. The summed E-state index contributed by atoms with van der Waals surface area (Å²) < 4.78 is 0. The van der Waals surface area contributed by atoms with E-state index in [0.29, 0.717) is 13.0 Å². The van der Waals surface area contributed by atoms with Crippen molar-refractivity contribution in [3.63, 3.8) is 0 Å². The summed E-state index contributed by atoms with van der Waals surface area (Å²) in [6.07, 6.45) is 1.52. The van der Waals surface area contributed by atoms with Gasteiger partial charge in [-0.25, -0.2) is 0 Å². The van der Waals surface area contributed by atoms with Crippen LogP contribution in [0.15, 0.2) is 23.0 Å². The first-order valence-electron chi connectivity index (χ1n) is 9.12. The smallest absolute Gasteiger partial charge is 0.252 e. The van der Waals surface area contributed by atoms with Crippen molar-refractivity contribution >= 4 is 16.8 Å². The number of carbonyl (C=O) groups is 1. The molecule has 1 fully saturated rings. The van der Waals surface area contributed by atoms with E-state index in [2.05, 4.69) is 28.9 Å². The van der Waals surface area contributed by atoms with Crippen molar-refractivity contribution in [1.29, 1.82) is 0 Å². The van der Waals surface area contributed by atoms with Gasteiger partial charge in [0.25, 0.3) is 5.56 Å². The normalized spacial score (nSPS) is 15.7. The summed E-state index contributed by atoms with van der Waals surface area (Å²) in [5, 5.41) is 1.08. The molecule has 1 aromatic carbocycles. The fourth-order valence-corrected chi connectivity index (χ4v) is 3.46. The Balaban J connectivity index is 1.72. The third-order valence-corrected chi connectivity index (χ3v) is 5.21. The second-order valence-electron chi connectivity index (χ2n) is 7.00. The minimum Gasteiger partial charge on any atom is -0.340 e. The molecule has 2 heterocycles. The number of aromatic nitrogens is 1. The second kappa shape index (κ2) is 7.40. The summed E-state index contributed by atoms with van der Waals surface area (Å²) in [6.45, 7) is 9.91. The molecular weight excluding hydrogens is 314 g/mol. The number of rotatable bonds is 4. The molecule has 5 nitrogen and oxygen atoms in total. The lowest BCUT2D eigenvalue weighted by atomic mass is 10.0. The molecular formula is C20H27N3O2. The monoisotopic (exact) mass is 341 g/mol. The zero-order valence-corrected chi connectivity index (χ0v) is 15.4. The van der Waals surface area contributed by atoms with Crippen LogP contribution < -0.4 is 5.56 Å². The number of hydrogen-bond acceptors (Lipinski definition) is 3. The molecule has 0 spiro atoms. The molecule has 25 heavy (non-hydrogen) atoms. The van der Waals surface area contributed by atoms with Gasteiger partial charge in [0.05, 0.1) is 5.52 Å². The highest BCUT2D eigenvalue weighted by Gasteiger charge is 2.21. The van der Waals surface area contributed by atoms with E-state index in [4.69, 9.17) is 0 Å². The first-order valence-corrected chi connectivity index (χ1v) is 9.12. The zero-order chi connectivity index (χ0) is 18.0. The van der Waals surface area contributed by atoms with E-state index in [9.17, 15) is 9.59 Å². The van der Waals surface area contributed by atoms with Crippen LogP contribution >= 0.6 is 0 Å². The lowest BCUT2D eigenvalue weighted by molar-refractivity contribution is -0.133. The average molecular weight is 341 g/mol. The van der Waals surface area contributed by atoms with Gasteiger partial charge < -0.3 is 9.88 Å². The predicted octanol–water partition coefficient (Wildman–Crippen LogP) is 2.59. The maximum absolute atomic E-state index is 12.5. The molecule has 1 aromatic heterocycles. The van der Waals surface area contributed by atoms with Gasteiger partial charge in [-0.15, -0.1) is 0 Å². The van der Waals surface area contributed by atoms with Gasteiger partial charge in [0.15, 0.2) is 0 Å². The summed E-state index contributed by atoms with van der Waals surface area (Å²) in [6, 6.07) is 6.17. The first kappa shape index (κ1) is 17.7. The number of amides is 1. The molecule has 5 heteroatoms. The third kappa shape index (κ3) is 3.76. The fourth-order valence-electron chi connectivity index (χ4n) is 3.46. The molecule has 2 aromatic rings. The number of hydrogen-bond donors (Lipinski definition) is 1. The molecule has 134 valence electrons. The van der Waals surface area contributed by atoms with Crippen LogP contribution in [0.4, 0.5) is 0 Å². The fraction of sp³-hybridized carbons (Fsp3) is 0.500. The van der Waals surface area contributed by atoms with Gasteiger partial charge in [-0.1, -0.05) is 19.1 Å². The molecule has 0 saturated carbocycles. The predicted molar refractivity (Wildman–Crippen MR) is 101 cm³/mol. The van der Waals surface area contributed by atoms with Gasteiger partial charge in [0.2, 0.25) is 5.91 Å². The highest BCUT2D eigenvalue weighted by Crippen LogP contribution is 2.19. The second-order valence-corrected chi connectivity index (χ2v) is 7.00. The van der Waals surface area contributed by atoms with Crippen molar-refractivity contribution in [1.82, 2.24) is 14.8 Å². The number of aromatic amines is 1. The Morgan fingerprint density at radius 3 is 2.56 bits per heavy atom. The van der Waals surface area contributed by atoms with E-state index >= 15 is 0 Å². The molecule has 3 rings (SSSR count). The largest absolute Gasteiger partial charge is 0.340 e. The first-order chi connectivity index (χ1) is 12.0. The van der Waals surface area contributed by atoms with Gasteiger partial charge in [0.1, 0.15) is 0 Å². The molecule has 1 N–H and O–H groups in total. The minimum atomic E-state index is -0.00862. The van der Waals surface area contributed by atoms with Crippen LogP contribution in [0, 0.1) is 13.8 Å². The number of carbonyl (C=O) groups excluding carboxylic acids is 1. The number of fused-ring (bicyclic) bond motifs is 1. The number of pyridine rings is 1. The van der Waals surface area contributed by atoms with Crippen molar-refractivity contribution in [3.05, 3.63) is 45.2 Å². The SMILES string of the molecule is CCCC(=O)N1CCN(Cc2cc3ccc(C)c(C)c3[nH]c2=O)CC1. The average Bonchev–Trinajstić information content (AvgIpc) is 2.60. The van der Waals surface area contributed by atoms with E-state index in [1.54, 1.807) is 0 Å². The number of nitrogens with one attached hydrogen (secondary N) is 1. The topological polar surface area (TPSA) is 56.4 Å². The van der Waals surface area contributed by atoms with Gasteiger partial charge in [0, 0.05) is 44.7 Å². The molecule has 1 saturated heterocycles. The van der Waals surface area contributed by atoms with Crippen LogP contribution in [0.25, 0.3) is 10.9 Å². The summed E-state index contributed by atoms with van der Waals surface area (Å²) >= 11 is 0. The number of H-pyrrole nitrogens is 1. The Bertz CT molecular complexity index is 833. The number of aryl methyl sites for hydroxylation is 2. The molecule has 0 radical (unpaired) electrons. The zero-order valence-electron chi connectivity index (χ0n) is 15.4. The standard InChI is InChI=1S/C20H27N3O2/c1-4-5-18(24)23-10-8-22(9-11-23)13-17-12-16-7-6-14(2)15(3)19(16)21-20(17)25/h6-7,12H,4-5,8-11,13H2,1-3H3,(H,21,25). The molecule has 1 aliphatic rings. The Morgan fingerprint density at radius 2 is 1.88 bits per heavy atom. The number of piperazine rings is 1. The van der Waals surface area contributed by atoms with Gasteiger partial charge in [-0.05, 0) is 42.8 Å². The third-order valence-electron chi connectivity index (χ3n) is 5.21. The van der Waals surface area contributed by atoms with E-state index in [1.807, 2.05) is 24.8 Å². The Morgan fingerprint density at radius 1 is 1.16 bits per heavy atom. The summed E-state index contributed by atoms with van der Waals surface area (Å²) in [7, 11) is 0. The van der Waals surface area contributed by atoms with Crippen molar-refractivity contribution < 1.29 is 4.79 Å². The summed E-state index contributed by atoms with van der Waals surface area (Å²) in [5.74, 6) is 0.247. The van der Waals surface area contributed by atoms with E-state index in [-0.39, 0.29) is 11.5 Å². The molecule has 0 unspecified atom stereocenters. The van der Waals surface area contributed by atoms with Crippen LogP contribution in [0.1, 0.15) is 36.5 Å². The lowest BCUT2D eigenvalue weighted by Crippen LogP contribution is -2.48. The van der Waals surface area contributed by atoms with Crippen molar-refractivity contribution in [3.8, 4) is 0 Å². The minimum absolute atomic E-state index is 0.00862. The van der Waals surface area contributed by atoms with Crippen LogP contribution in [0.5, 0.6) is 0 Å². The molecule has 1 aliphatic heterocycles. The van der Waals surface area contributed by atoms with E-state index in [1.165, 1.54) is 5.56 Å². The number of benzene rings is 1. The van der Waals surface area contributed by atoms with Crippen LogP contribution in [0.2, 0.25) is 0 Å². The molecule has 1 amide bonds. The molecule has 0 bridgehead atoms. The van der Waals surface area contributed by atoms with Crippen LogP contribution in [0.3, 0.4) is 0 Å². The maximum atomic E-state index is 12.5. The van der Waals surface area contributed by atoms with Crippen molar-refractivity contribution in [2.75, 3.05) is 26.2 Å². The Labute approximate surface area is 148 Å². The Kier molecular flexibility index (Phi) is 5.23. The van der Waals surface area contributed by atoms with Crippen LogP contribution in [-0.4, -0.2) is 46.9 Å².